The lowest BCUT2D eigenvalue weighted by Crippen LogP contribution is -2.44. The van der Waals surface area contributed by atoms with Crippen molar-refractivity contribution >= 4 is 29.3 Å². The van der Waals surface area contributed by atoms with Gasteiger partial charge < -0.3 is 15.4 Å². The summed E-state index contributed by atoms with van der Waals surface area (Å²) in [4.78, 5) is 27.4. The molecule has 2 aromatic carbocycles. The molecule has 1 saturated heterocycles. The first kappa shape index (κ1) is 20.4. The molecule has 2 amide bonds. The van der Waals surface area contributed by atoms with E-state index in [0.29, 0.717) is 25.4 Å². The number of ether oxygens (including phenoxy) is 1. The van der Waals surface area contributed by atoms with Crippen LogP contribution >= 0.6 is 11.8 Å². The fourth-order valence-electron chi connectivity index (χ4n) is 3.11. The van der Waals surface area contributed by atoms with E-state index in [1.165, 1.54) is 11.8 Å². The van der Waals surface area contributed by atoms with Crippen molar-refractivity contribution in [2.45, 2.75) is 11.0 Å². The maximum Gasteiger partial charge on any atom is 0.313 e. The molecule has 28 heavy (non-hydrogen) atoms. The Morgan fingerprint density at radius 1 is 1.11 bits per heavy atom. The van der Waals surface area contributed by atoms with Crippen LogP contribution in [0.3, 0.4) is 0 Å². The van der Waals surface area contributed by atoms with Crippen molar-refractivity contribution in [3.05, 3.63) is 60.2 Å². The van der Waals surface area contributed by atoms with Gasteiger partial charge in [0.05, 0.1) is 18.4 Å². The highest BCUT2D eigenvalue weighted by atomic mass is 32.2. The Bertz CT molecular complexity index is 800. The van der Waals surface area contributed by atoms with Gasteiger partial charge >= 0.3 is 11.8 Å². The van der Waals surface area contributed by atoms with Crippen molar-refractivity contribution in [3.8, 4) is 0 Å². The van der Waals surface area contributed by atoms with Gasteiger partial charge in [-0.2, -0.15) is 0 Å². The van der Waals surface area contributed by atoms with Crippen LogP contribution in [0.4, 0.5) is 5.69 Å². The predicted octanol–water partition coefficient (Wildman–Crippen LogP) is 2.54. The minimum Gasteiger partial charge on any atom is -0.371 e. The Labute approximate surface area is 169 Å². The van der Waals surface area contributed by atoms with E-state index in [-0.39, 0.29) is 6.10 Å². The van der Waals surface area contributed by atoms with Crippen LogP contribution in [0.25, 0.3) is 0 Å². The molecule has 1 aliphatic rings. The number of para-hydroxylation sites is 1. The standard InChI is InChI=1S/C21H25N3O3S/c1-28-19-10-6-5-9-17(19)23-21(26)20(25)22-11-12-24-13-14-27-18(15-24)16-7-3-2-4-8-16/h2-10,18H,11-15H2,1H3,(H,22,25)(H,23,26)/t18-/m0/s1. The molecule has 1 heterocycles. The Balaban J connectivity index is 1.44. The Hall–Kier alpha value is -2.35. The number of rotatable bonds is 6. The van der Waals surface area contributed by atoms with Crippen LogP contribution in [0.1, 0.15) is 11.7 Å². The number of anilines is 1. The van der Waals surface area contributed by atoms with Crippen molar-refractivity contribution in [3.63, 3.8) is 0 Å². The average Bonchev–Trinajstić information content (AvgIpc) is 2.75. The number of nitrogens with one attached hydrogen (secondary N) is 2. The highest BCUT2D eigenvalue weighted by Gasteiger charge is 2.22. The number of benzene rings is 2. The largest absolute Gasteiger partial charge is 0.371 e. The van der Waals surface area contributed by atoms with Gasteiger partial charge in [-0.05, 0) is 24.0 Å². The van der Waals surface area contributed by atoms with Crippen LogP contribution < -0.4 is 10.6 Å². The van der Waals surface area contributed by atoms with Crippen LogP contribution in [-0.2, 0) is 14.3 Å². The van der Waals surface area contributed by atoms with E-state index in [0.717, 1.165) is 23.5 Å². The lowest BCUT2D eigenvalue weighted by molar-refractivity contribution is -0.136. The smallest absolute Gasteiger partial charge is 0.313 e. The molecule has 2 N–H and O–H groups in total. The first-order valence-electron chi connectivity index (χ1n) is 9.28. The SMILES string of the molecule is CSc1ccccc1NC(=O)C(=O)NCCN1CCO[C@H](c2ccccc2)C1. The van der Waals surface area contributed by atoms with Gasteiger partial charge in [0, 0.05) is 31.1 Å². The van der Waals surface area contributed by atoms with Crippen molar-refractivity contribution in [1.82, 2.24) is 10.2 Å². The minimum absolute atomic E-state index is 0.0389. The summed E-state index contributed by atoms with van der Waals surface area (Å²) in [5.74, 6) is -1.27. The first-order valence-corrected chi connectivity index (χ1v) is 10.5. The Kier molecular flexibility index (Phi) is 7.47. The maximum atomic E-state index is 12.1. The molecule has 7 heteroatoms. The number of carbonyl (C=O) groups excluding carboxylic acids is 2. The minimum atomic E-state index is -0.648. The Morgan fingerprint density at radius 2 is 1.86 bits per heavy atom. The molecule has 0 unspecified atom stereocenters. The van der Waals surface area contributed by atoms with Crippen LogP contribution in [0, 0.1) is 0 Å². The monoisotopic (exact) mass is 399 g/mol. The van der Waals surface area contributed by atoms with E-state index in [9.17, 15) is 9.59 Å². The van der Waals surface area contributed by atoms with Gasteiger partial charge in [0.15, 0.2) is 0 Å². The Morgan fingerprint density at radius 3 is 2.64 bits per heavy atom. The summed E-state index contributed by atoms with van der Waals surface area (Å²) in [5.41, 5.74) is 1.80. The number of amides is 2. The lowest BCUT2D eigenvalue weighted by Gasteiger charge is -2.33. The van der Waals surface area contributed by atoms with E-state index in [1.54, 1.807) is 6.07 Å². The molecule has 0 aliphatic carbocycles. The topological polar surface area (TPSA) is 70.7 Å². The third kappa shape index (κ3) is 5.58. The van der Waals surface area contributed by atoms with Crippen LogP contribution in [0.5, 0.6) is 0 Å². The second kappa shape index (κ2) is 10.3. The number of hydrogen-bond acceptors (Lipinski definition) is 5. The normalized spacial score (nSPS) is 17.1. The molecule has 0 saturated carbocycles. The quantitative estimate of drug-likeness (QED) is 0.577. The van der Waals surface area contributed by atoms with Crippen LogP contribution in [0.2, 0.25) is 0 Å². The van der Waals surface area contributed by atoms with E-state index < -0.39 is 11.8 Å². The second-order valence-corrected chi connectivity index (χ2v) is 7.33. The molecular formula is C21H25N3O3S. The van der Waals surface area contributed by atoms with E-state index in [1.807, 2.05) is 42.7 Å². The molecule has 0 radical (unpaired) electrons. The molecular weight excluding hydrogens is 374 g/mol. The van der Waals surface area contributed by atoms with Gasteiger partial charge in [0.2, 0.25) is 0 Å². The average molecular weight is 400 g/mol. The molecule has 6 nitrogen and oxygen atoms in total. The summed E-state index contributed by atoms with van der Waals surface area (Å²) in [6.07, 6.45) is 1.97. The van der Waals surface area contributed by atoms with Crippen molar-refractivity contribution in [2.75, 3.05) is 44.4 Å². The predicted molar refractivity (Wildman–Crippen MR) is 111 cm³/mol. The molecule has 3 rings (SSSR count). The molecule has 1 aliphatic heterocycles. The third-order valence-corrected chi connectivity index (χ3v) is 5.39. The number of nitrogens with zero attached hydrogens (tertiary/aromatic N) is 1. The third-order valence-electron chi connectivity index (χ3n) is 4.60. The van der Waals surface area contributed by atoms with Crippen molar-refractivity contribution in [1.29, 1.82) is 0 Å². The first-order chi connectivity index (χ1) is 13.7. The van der Waals surface area contributed by atoms with Gasteiger partial charge in [-0.25, -0.2) is 0 Å². The summed E-state index contributed by atoms with van der Waals surface area (Å²) in [6.45, 7) is 3.32. The van der Waals surface area contributed by atoms with Crippen molar-refractivity contribution < 1.29 is 14.3 Å². The van der Waals surface area contributed by atoms with Gasteiger partial charge in [-0.15, -0.1) is 11.8 Å². The summed E-state index contributed by atoms with van der Waals surface area (Å²) < 4.78 is 5.85. The zero-order valence-electron chi connectivity index (χ0n) is 15.9. The number of hydrogen-bond donors (Lipinski definition) is 2. The van der Waals surface area contributed by atoms with Gasteiger partial charge in [-0.1, -0.05) is 42.5 Å². The highest BCUT2D eigenvalue weighted by Crippen LogP contribution is 2.24. The maximum absolute atomic E-state index is 12.1. The van der Waals surface area contributed by atoms with E-state index in [4.69, 9.17) is 4.74 Å². The van der Waals surface area contributed by atoms with E-state index >= 15 is 0 Å². The van der Waals surface area contributed by atoms with E-state index in [2.05, 4.69) is 27.7 Å². The lowest BCUT2D eigenvalue weighted by atomic mass is 10.1. The fraction of sp³-hybridized carbons (Fsp3) is 0.333. The summed E-state index contributed by atoms with van der Waals surface area (Å²) in [6, 6.07) is 17.5. The van der Waals surface area contributed by atoms with Crippen molar-refractivity contribution in [2.24, 2.45) is 0 Å². The molecule has 1 atom stereocenters. The molecule has 148 valence electrons. The number of thioether (sulfide) groups is 1. The fourth-order valence-corrected chi connectivity index (χ4v) is 3.66. The molecule has 0 spiro atoms. The summed E-state index contributed by atoms with van der Waals surface area (Å²) >= 11 is 1.52. The summed E-state index contributed by atoms with van der Waals surface area (Å²) in [5, 5.41) is 5.37. The van der Waals surface area contributed by atoms with Gasteiger partial charge in [0.1, 0.15) is 0 Å². The van der Waals surface area contributed by atoms with Gasteiger partial charge in [-0.3, -0.25) is 14.5 Å². The van der Waals surface area contributed by atoms with Crippen LogP contribution in [-0.4, -0.2) is 55.8 Å². The zero-order valence-corrected chi connectivity index (χ0v) is 16.7. The zero-order chi connectivity index (χ0) is 19.8. The molecule has 0 aromatic heterocycles. The van der Waals surface area contributed by atoms with Gasteiger partial charge in [0.25, 0.3) is 0 Å². The molecule has 0 bridgehead atoms. The second-order valence-electron chi connectivity index (χ2n) is 6.48. The number of carbonyl (C=O) groups is 2. The molecule has 1 fully saturated rings. The highest BCUT2D eigenvalue weighted by molar-refractivity contribution is 7.98. The van der Waals surface area contributed by atoms with Crippen LogP contribution in [0.15, 0.2) is 59.5 Å². The molecule has 2 aromatic rings. The number of morpholine rings is 1. The summed E-state index contributed by atoms with van der Waals surface area (Å²) in [7, 11) is 0.